The summed E-state index contributed by atoms with van der Waals surface area (Å²) in [5.74, 6) is 2.63. The fraction of sp³-hybridized carbons (Fsp3) is 0.521. The average Bonchev–Trinajstić information content (AvgIpc) is 4.00. The van der Waals surface area contributed by atoms with Gasteiger partial charge in [-0.05, 0) is 80.2 Å². The molecule has 15 heteroatoms. The van der Waals surface area contributed by atoms with Crippen LogP contribution in [0.5, 0.6) is 0 Å². The van der Waals surface area contributed by atoms with Crippen LogP contribution in [0.1, 0.15) is 89.9 Å². The van der Waals surface area contributed by atoms with Crippen LogP contribution in [0, 0.1) is 29.1 Å². The van der Waals surface area contributed by atoms with E-state index in [1.807, 2.05) is 31.5 Å². The Morgan fingerprint density at radius 1 is 1.10 bits per heavy atom. The Kier molecular flexibility index (Phi) is 13.4. The number of carbonyl (C=O) groups is 5. The van der Waals surface area contributed by atoms with E-state index >= 15 is 0 Å². The number of benzene rings is 1. The third kappa shape index (κ3) is 9.53. The van der Waals surface area contributed by atoms with Gasteiger partial charge in [-0.25, -0.2) is 10.4 Å². The van der Waals surface area contributed by atoms with Crippen molar-refractivity contribution in [2.24, 2.45) is 24.3 Å². The number of likely N-dealkylation sites (tertiary alicyclic amines) is 1. The van der Waals surface area contributed by atoms with Crippen molar-refractivity contribution in [3.8, 4) is 34.4 Å². The van der Waals surface area contributed by atoms with Crippen LogP contribution < -0.4 is 10.7 Å². The van der Waals surface area contributed by atoms with Crippen molar-refractivity contribution in [1.82, 2.24) is 40.1 Å². The maximum atomic E-state index is 14.6. The highest BCUT2D eigenvalue weighted by molar-refractivity contribution is 7.10. The van der Waals surface area contributed by atoms with Crippen LogP contribution in [-0.4, -0.2) is 110 Å². The molecular formula is C48H60N8O6S. The predicted molar refractivity (Wildman–Crippen MR) is 243 cm³/mol. The lowest BCUT2D eigenvalue weighted by molar-refractivity contribution is -0.155. The molecule has 6 bridgehead atoms. The Hall–Kier alpha value is -5.59. The Morgan fingerprint density at radius 2 is 1.87 bits per heavy atom. The van der Waals surface area contributed by atoms with Gasteiger partial charge in [0.05, 0.1) is 34.6 Å². The van der Waals surface area contributed by atoms with Crippen LogP contribution in [0.4, 0.5) is 0 Å². The second kappa shape index (κ2) is 18.6. The molecule has 2 fully saturated rings. The number of hydrazine groups is 1. The van der Waals surface area contributed by atoms with Crippen LogP contribution in [0.25, 0.3) is 33.4 Å². The number of hydrogen-bond donors (Lipinski definition) is 2. The van der Waals surface area contributed by atoms with Crippen LogP contribution >= 0.6 is 11.3 Å². The number of likely N-dealkylation sites (N-methyl/N-ethyl adjacent to an activating group) is 1. The van der Waals surface area contributed by atoms with E-state index in [1.54, 1.807) is 18.9 Å². The SMILES string of the molecule is CC#CC(=O)N1CC[C@H](C(=O)N(C)[C@H](C(=O)N[C@H]2Cc3nc(cs3)-c3ccc4c(c3)c(c(-c3cccnc3C(C)C)n4C)CC(C)(C)COC(=O)[C@@H]3CCCN(N3)C2=O)C(C)C)C1. The molecule has 4 amide bonds. The van der Waals surface area contributed by atoms with E-state index in [0.29, 0.717) is 43.8 Å². The minimum atomic E-state index is -1.08. The molecule has 0 aliphatic carbocycles. The van der Waals surface area contributed by atoms with Crippen molar-refractivity contribution < 1.29 is 28.7 Å². The van der Waals surface area contributed by atoms with Crippen LogP contribution in [0.15, 0.2) is 41.9 Å². The summed E-state index contributed by atoms with van der Waals surface area (Å²) >= 11 is 1.41. The van der Waals surface area contributed by atoms with Crippen molar-refractivity contribution in [3.63, 3.8) is 0 Å². The monoisotopic (exact) mass is 876 g/mol. The Balaban J connectivity index is 1.24. The van der Waals surface area contributed by atoms with Crippen molar-refractivity contribution in [3.05, 3.63) is 58.2 Å². The van der Waals surface area contributed by atoms with E-state index in [0.717, 1.165) is 44.7 Å². The molecule has 4 atom stereocenters. The number of thiazole rings is 1. The van der Waals surface area contributed by atoms with Gasteiger partial charge in [0.25, 0.3) is 11.8 Å². The first-order chi connectivity index (χ1) is 30.0. The Bertz CT molecular complexity index is 2480. The lowest BCUT2D eigenvalue weighted by atomic mass is 9.84. The number of hydrogen-bond acceptors (Lipinski definition) is 10. The summed E-state index contributed by atoms with van der Waals surface area (Å²) in [5.41, 5.74) is 9.63. The first kappa shape index (κ1) is 45.4. The molecule has 63 heavy (non-hydrogen) atoms. The highest BCUT2D eigenvalue weighted by Crippen LogP contribution is 2.41. The molecule has 3 aliphatic heterocycles. The minimum absolute atomic E-state index is 0.0827. The average molecular weight is 877 g/mol. The number of pyridine rings is 1. The second-order valence-electron chi connectivity index (χ2n) is 18.6. The van der Waals surface area contributed by atoms with Gasteiger partial charge in [0, 0.05) is 79.2 Å². The maximum absolute atomic E-state index is 14.6. The first-order valence-electron chi connectivity index (χ1n) is 22.0. The second-order valence-corrected chi connectivity index (χ2v) is 19.6. The molecule has 334 valence electrons. The zero-order valence-electron chi connectivity index (χ0n) is 37.9. The summed E-state index contributed by atoms with van der Waals surface area (Å²) in [6.07, 6.45) is 4.02. The summed E-state index contributed by atoms with van der Waals surface area (Å²) in [6, 6.07) is 7.70. The number of nitrogens with zero attached hydrogens (tertiary/aromatic N) is 6. The van der Waals surface area contributed by atoms with E-state index < -0.39 is 47.2 Å². The molecule has 6 heterocycles. The molecule has 14 nitrogen and oxygen atoms in total. The van der Waals surface area contributed by atoms with Crippen LogP contribution in [0.3, 0.4) is 0 Å². The number of aryl methyl sites for hydroxylation is 1. The van der Waals surface area contributed by atoms with Gasteiger partial charge in [-0.15, -0.1) is 11.3 Å². The third-order valence-corrected chi connectivity index (χ3v) is 13.4. The summed E-state index contributed by atoms with van der Waals surface area (Å²) < 4.78 is 8.31. The van der Waals surface area contributed by atoms with Gasteiger partial charge < -0.3 is 24.4 Å². The maximum Gasteiger partial charge on any atom is 0.324 e. The summed E-state index contributed by atoms with van der Waals surface area (Å²) in [7, 11) is 3.68. The van der Waals surface area contributed by atoms with Crippen LogP contribution in [-0.2, 0) is 48.6 Å². The highest BCUT2D eigenvalue weighted by Gasteiger charge is 2.40. The number of fused-ring (bicyclic) bond motifs is 6. The quantitative estimate of drug-likeness (QED) is 0.181. The van der Waals surface area contributed by atoms with Gasteiger partial charge in [0.2, 0.25) is 11.8 Å². The number of carbonyl (C=O) groups excluding carboxylic acids is 5. The topological polar surface area (TPSA) is 159 Å². The van der Waals surface area contributed by atoms with Gasteiger partial charge in [-0.1, -0.05) is 53.5 Å². The van der Waals surface area contributed by atoms with Crippen molar-refractivity contribution >= 4 is 51.8 Å². The lowest BCUT2D eigenvalue weighted by Crippen LogP contribution is -2.62. The van der Waals surface area contributed by atoms with Crippen molar-refractivity contribution in [1.29, 1.82) is 0 Å². The molecule has 0 unspecified atom stereocenters. The number of nitrogens with one attached hydrogen (secondary N) is 2. The van der Waals surface area contributed by atoms with Gasteiger partial charge in [0.1, 0.15) is 18.1 Å². The minimum Gasteiger partial charge on any atom is -0.464 e. The highest BCUT2D eigenvalue weighted by atomic mass is 32.1. The Morgan fingerprint density at radius 3 is 2.60 bits per heavy atom. The van der Waals surface area contributed by atoms with E-state index in [2.05, 4.69) is 86.2 Å². The molecule has 7 rings (SSSR count). The van der Waals surface area contributed by atoms with E-state index in [9.17, 15) is 24.0 Å². The molecule has 2 saturated heterocycles. The van der Waals surface area contributed by atoms with Gasteiger partial charge in [0.15, 0.2) is 0 Å². The van der Waals surface area contributed by atoms with Crippen molar-refractivity contribution in [2.45, 2.75) is 105 Å². The van der Waals surface area contributed by atoms with Crippen LogP contribution in [0.2, 0.25) is 0 Å². The molecule has 3 aromatic heterocycles. The van der Waals surface area contributed by atoms with E-state index in [-0.39, 0.29) is 43.2 Å². The normalized spacial score (nSPS) is 20.8. The van der Waals surface area contributed by atoms with Crippen molar-refractivity contribution in [2.75, 3.05) is 33.3 Å². The number of esters is 1. The number of amides is 4. The van der Waals surface area contributed by atoms with E-state index in [1.165, 1.54) is 21.2 Å². The van der Waals surface area contributed by atoms with E-state index in [4.69, 9.17) is 14.7 Å². The molecule has 3 aliphatic rings. The molecule has 0 spiro atoms. The number of cyclic esters (lactones) is 1. The zero-order chi connectivity index (χ0) is 45.3. The fourth-order valence-corrected chi connectivity index (χ4v) is 10.2. The standard InChI is InChI=1S/C48H60N8O6S/c1-10-13-40(57)55-21-18-31(25-55)45(59)54(9)42(29(4)5)44(58)51-36-23-39-50-37(26-63-39)30-16-17-38-33(22-30)34(43(53(38)8)32-14-11-19-49-41(32)28(2)3)24-48(6,7)27-62-47(61)35-15-12-20-56(52-35)46(36)60/h11,14,16-17,19,22,26,28-29,31,35-36,42,52H,12,15,18,20-21,23-25,27H2,1-9H3,(H,51,58)/t31-,35-,36-,42-/m0/s1. The number of ether oxygens (including phenoxy) is 1. The molecule has 0 saturated carbocycles. The molecule has 4 aromatic rings. The van der Waals surface area contributed by atoms with Gasteiger partial charge in [-0.2, -0.15) is 0 Å². The molecule has 2 N–H and O–H groups in total. The molecular weight excluding hydrogens is 817 g/mol. The number of aromatic nitrogens is 3. The number of rotatable bonds is 7. The largest absolute Gasteiger partial charge is 0.464 e. The summed E-state index contributed by atoms with van der Waals surface area (Å²) in [5, 5.41) is 8.12. The smallest absolute Gasteiger partial charge is 0.324 e. The molecule has 0 radical (unpaired) electrons. The summed E-state index contributed by atoms with van der Waals surface area (Å²) in [6.45, 7) is 14.9. The first-order valence-corrected chi connectivity index (χ1v) is 22.9. The zero-order valence-corrected chi connectivity index (χ0v) is 38.7. The molecule has 1 aromatic carbocycles. The van der Waals surface area contributed by atoms with Gasteiger partial charge in [-0.3, -0.25) is 34.0 Å². The predicted octanol–water partition coefficient (Wildman–Crippen LogP) is 5.49. The third-order valence-electron chi connectivity index (χ3n) is 12.5. The van der Waals surface area contributed by atoms with Gasteiger partial charge >= 0.3 is 5.97 Å². The lowest BCUT2D eigenvalue weighted by Gasteiger charge is -2.36. The fourth-order valence-electron chi connectivity index (χ4n) is 9.33. The summed E-state index contributed by atoms with van der Waals surface area (Å²) in [4.78, 5) is 82.0. The Labute approximate surface area is 374 Å².